The molecule has 1 unspecified atom stereocenters. The number of hydrogen-bond acceptors (Lipinski definition) is 5. The third-order valence-corrected chi connectivity index (χ3v) is 3.72. The van der Waals surface area contributed by atoms with Crippen LogP contribution < -0.4 is 11.3 Å². The Morgan fingerprint density at radius 1 is 1.30 bits per heavy atom. The maximum absolute atomic E-state index is 13.9. The van der Waals surface area contributed by atoms with E-state index in [1.54, 1.807) is 0 Å². The maximum atomic E-state index is 13.9. The molecular weight excluding hydrogens is 282 g/mol. The molecule has 108 valence electrons. The normalized spacial score (nSPS) is 13.5. The molecule has 0 amide bonds. The summed E-state index contributed by atoms with van der Waals surface area (Å²) in [5.41, 5.74) is 3.33. The van der Waals surface area contributed by atoms with E-state index >= 15 is 0 Å². The fourth-order valence-electron chi connectivity index (χ4n) is 1.95. The highest BCUT2D eigenvalue weighted by Crippen LogP contribution is 2.34. The lowest BCUT2D eigenvalue weighted by Gasteiger charge is -2.21. The number of nitrogens with zero attached hydrogens (tertiary/aromatic N) is 2. The summed E-state index contributed by atoms with van der Waals surface area (Å²) in [6.45, 7) is 5.96. The molecule has 2 rings (SSSR count). The molecule has 3 N–H and O–H groups in total. The molecule has 1 aromatic carbocycles. The number of aromatic nitrogens is 2. The minimum absolute atomic E-state index is 0.242. The lowest BCUT2D eigenvalue weighted by atomic mass is 9.89. The predicted octanol–water partition coefficient (Wildman–Crippen LogP) is 2.67. The number of nitrogens with one attached hydrogen (secondary N) is 1. The summed E-state index contributed by atoms with van der Waals surface area (Å²) in [6.07, 6.45) is 0. The fraction of sp³-hybridized carbons (Fsp3) is 0.385. The van der Waals surface area contributed by atoms with Gasteiger partial charge in [0.15, 0.2) is 0 Å². The van der Waals surface area contributed by atoms with Gasteiger partial charge >= 0.3 is 0 Å². The summed E-state index contributed by atoms with van der Waals surface area (Å²) in [4.78, 5) is 0.727. The first-order valence-electron chi connectivity index (χ1n) is 6.08. The van der Waals surface area contributed by atoms with Crippen molar-refractivity contribution in [3.05, 3.63) is 46.0 Å². The third kappa shape index (κ3) is 2.84. The Hall–Kier alpha value is -1.44. The van der Waals surface area contributed by atoms with Crippen molar-refractivity contribution in [3.8, 4) is 0 Å². The lowest BCUT2D eigenvalue weighted by Crippen LogP contribution is -2.31. The molecule has 0 bridgehead atoms. The molecule has 0 saturated carbocycles. The van der Waals surface area contributed by atoms with Gasteiger partial charge in [-0.15, -0.1) is 5.10 Å². The first-order valence-corrected chi connectivity index (χ1v) is 6.85. The molecule has 0 aliphatic carbocycles. The van der Waals surface area contributed by atoms with E-state index in [0.29, 0.717) is 0 Å². The standard InChI is InChI=1S/C13H16F2N4S/c1-13(2,3)12-11(20-19-18-12)10(17-16)8-5-4-7(14)6-9(8)15/h4-6,10,17H,16H2,1-3H3. The molecule has 2 aromatic rings. The zero-order valence-corrected chi connectivity index (χ0v) is 12.3. The van der Waals surface area contributed by atoms with E-state index in [2.05, 4.69) is 15.0 Å². The smallest absolute Gasteiger partial charge is 0.131 e. The summed E-state index contributed by atoms with van der Waals surface area (Å²) in [5.74, 6) is 4.28. The number of halogens is 2. The number of rotatable bonds is 3. The zero-order valence-electron chi connectivity index (χ0n) is 11.4. The molecule has 1 heterocycles. The van der Waals surface area contributed by atoms with Crippen molar-refractivity contribution in [3.63, 3.8) is 0 Å². The van der Waals surface area contributed by atoms with Crippen LogP contribution in [0.15, 0.2) is 18.2 Å². The molecular formula is C13H16F2N4S. The molecule has 20 heavy (non-hydrogen) atoms. The molecule has 1 aromatic heterocycles. The average Bonchev–Trinajstić information content (AvgIpc) is 2.81. The Labute approximate surface area is 120 Å². The monoisotopic (exact) mass is 298 g/mol. The number of hydrazine groups is 1. The van der Waals surface area contributed by atoms with Gasteiger partial charge in [0.05, 0.1) is 16.6 Å². The van der Waals surface area contributed by atoms with Crippen LogP contribution in [0.5, 0.6) is 0 Å². The lowest BCUT2D eigenvalue weighted by molar-refractivity contribution is 0.522. The first kappa shape index (κ1) is 15.0. The Kier molecular flexibility index (Phi) is 4.12. The van der Waals surface area contributed by atoms with Crippen LogP contribution in [0.2, 0.25) is 0 Å². The quantitative estimate of drug-likeness (QED) is 0.675. The minimum Gasteiger partial charge on any atom is -0.271 e. The Morgan fingerprint density at radius 2 is 2.00 bits per heavy atom. The molecule has 0 aliphatic rings. The number of benzene rings is 1. The van der Waals surface area contributed by atoms with Gasteiger partial charge in [-0.25, -0.2) is 14.2 Å². The summed E-state index contributed by atoms with van der Waals surface area (Å²) in [5, 5.41) is 4.11. The second-order valence-corrected chi connectivity index (χ2v) is 6.29. The molecule has 0 radical (unpaired) electrons. The molecule has 0 fully saturated rings. The van der Waals surface area contributed by atoms with Crippen LogP contribution in [0.1, 0.15) is 42.9 Å². The maximum Gasteiger partial charge on any atom is 0.131 e. The fourth-order valence-corrected chi connectivity index (χ4v) is 2.89. The molecule has 7 heteroatoms. The van der Waals surface area contributed by atoms with Crippen LogP contribution in [0.3, 0.4) is 0 Å². The van der Waals surface area contributed by atoms with E-state index in [1.165, 1.54) is 12.1 Å². The van der Waals surface area contributed by atoms with Crippen LogP contribution in [0, 0.1) is 11.6 Å². The van der Waals surface area contributed by atoms with E-state index in [9.17, 15) is 8.78 Å². The van der Waals surface area contributed by atoms with E-state index in [4.69, 9.17) is 5.84 Å². The van der Waals surface area contributed by atoms with E-state index in [-0.39, 0.29) is 11.0 Å². The van der Waals surface area contributed by atoms with Gasteiger partial charge in [-0.05, 0) is 17.6 Å². The van der Waals surface area contributed by atoms with Crippen molar-refractivity contribution in [1.82, 2.24) is 15.0 Å². The summed E-state index contributed by atoms with van der Waals surface area (Å²) in [7, 11) is 0. The van der Waals surface area contributed by atoms with Gasteiger partial charge in [-0.1, -0.05) is 31.3 Å². The molecule has 1 atom stereocenters. The van der Waals surface area contributed by atoms with Crippen LogP contribution in [-0.4, -0.2) is 9.59 Å². The topological polar surface area (TPSA) is 63.8 Å². The van der Waals surface area contributed by atoms with Gasteiger partial charge in [-0.3, -0.25) is 5.84 Å². The van der Waals surface area contributed by atoms with Gasteiger partial charge in [0, 0.05) is 17.0 Å². The van der Waals surface area contributed by atoms with Gasteiger partial charge in [0.2, 0.25) is 0 Å². The largest absolute Gasteiger partial charge is 0.271 e. The SMILES string of the molecule is CC(C)(C)c1nnsc1C(NN)c1ccc(F)cc1F. The number of hydrogen-bond donors (Lipinski definition) is 2. The van der Waals surface area contributed by atoms with Gasteiger partial charge in [0.25, 0.3) is 0 Å². The van der Waals surface area contributed by atoms with Gasteiger partial charge < -0.3 is 0 Å². The molecule has 0 saturated heterocycles. The van der Waals surface area contributed by atoms with E-state index < -0.39 is 17.7 Å². The van der Waals surface area contributed by atoms with Crippen molar-refractivity contribution in [2.75, 3.05) is 0 Å². The Balaban J connectivity index is 2.51. The summed E-state index contributed by atoms with van der Waals surface area (Å²) in [6, 6.07) is 2.81. The van der Waals surface area contributed by atoms with Crippen molar-refractivity contribution >= 4 is 11.5 Å². The van der Waals surface area contributed by atoms with Crippen molar-refractivity contribution in [1.29, 1.82) is 0 Å². The Morgan fingerprint density at radius 3 is 2.55 bits per heavy atom. The first-order chi connectivity index (χ1) is 9.34. The summed E-state index contributed by atoms with van der Waals surface area (Å²) >= 11 is 1.15. The van der Waals surface area contributed by atoms with Gasteiger partial charge in [-0.2, -0.15) is 0 Å². The second kappa shape index (κ2) is 5.51. The predicted molar refractivity (Wildman–Crippen MR) is 74.1 cm³/mol. The molecule has 4 nitrogen and oxygen atoms in total. The minimum atomic E-state index is -0.652. The summed E-state index contributed by atoms with van der Waals surface area (Å²) < 4.78 is 30.9. The van der Waals surface area contributed by atoms with Gasteiger partial charge in [0.1, 0.15) is 11.6 Å². The average molecular weight is 298 g/mol. The van der Waals surface area contributed by atoms with Crippen LogP contribution in [-0.2, 0) is 5.41 Å². The van der Waals surface area contributed by atoms with Crippen molar-refractivity contribution in [2.24, 2.45) is 5.84 Å². The van der Waals surface area contributed by atoms with Crippen molar-refractivity contribution < 1.29 is 8.78 Å². The zero-order chi connectivity index (χ0) is 14.9. The van der Waals surface area contributed by atoms with E-state index in [0.717, 1.165) is 28.2 Å². The highest BCUT2D eigenvalue weighted by Gasteiger charge is 2.29. The van der Waals surface area contributed by atoms with Crippen LogP contribution in [0.25, 0.3) is 0 Å². The van der Waals surface area contributed by atoms with Crippen LogP contribution in [0.4, 0.5) is 8.78 Å². The third-order valence-electron chi connectivity index (χ3n) is 2.93. The highest BCUT2D eigenvalue weighted by atomic mass is 32.1. The molecule has 0 spiro atoms. The highest BCUT2D eigenvalue weighted by molar-refractivity contribution is 7.05. The molecule has 0 aliphatic heterocycles. The van der Waals surface area contributed by atoms with Crippen molar-refractivity contribution in [2.45, 2.75) is 32.2 Å². The second-order valence-electron chi connectivity index (χ2n) is 5.50. The van der Waals surface area contributed by atoms with E-state index in [1.807, 2.05) is 20.8 Å². The van der Waals surface area contributed by atoms with Crippen LogP contribution >= 0.6 is 11.5 Å². The Bertz CT molecular complexity index is 607. The number of nitrogens with two attached hydrogens (primary N) is 1.